The standard InChI is InChI=1S/C13H15ClF3N3OS/c14-9-6-8(13(15,16)17)7-19-11(9)20-4-1-2-10(20)12(21)18-3-5-22/h6-7,10,22H,1-5H2,(H,18,21). The van der Waals surface area contributed by atoms with Crippen molar-refractivity contribution in [1.29, 1.82) is 0 Å². The van der Waals surface area contributed by atoms with E-state index < -0.39 is 17.8 Å². The molecule has 1 unspecified atom stereocenters. The summed E-state index contributed by atoms with van der Waals surface area (Å²) in [6.07, 6.45) is -2.40. The largest absolute Gasteiger partial charge is 0.417 e. The second-order valence-corrected chi connectivity index (χ2v) is 5.75. The monoisotopic (exact) mass is 353 g/mol. The van der Waals surface area contributed by atoms with Gasteiger partial charge in [-0.15, -0.1) is 0 Å². The van der Waals surface area contributed by atoms with E-state index in [-0.39, 0.29) is 16.7 Å². The lowest BCUT2D eigenvalue weighted by molar-refractivity contribution is -0.137. The first kappa shape index (κ1) is 17.2. The smallest absolute Gasteiger partial charge is 0.353 e. The van der Waals surface area contributed by atoms with Crippen LogP contribution in [-0.2, 0) is 11.0 Å². The Morgan fingerprint density at radius 1 is 1.55 bits per heavy atom. The normalized spacial score (nSPS) is 18.6. The van der Waals surface area contributed by atoms with Crippen molar-refractivity contribution in [3.05, 3.63) is 22.8 Å². The second-order valence-electron chi connectivity index (χ2n) is 4.89. The molecule has 22 heavy (non-hydrogen) atoms. The predicted molar refractivity (Wildman–Crippen MR) is 81.5 cm³/mol. The van der Waals surface area contributed by atoms with Gasteiger partial charge in [0.2, 0.25) is 5.91 Å². The number of amides is 1. The van der Waals surface area contributed by atoms with E-state index in [1.54, 1.807) is 4.90 Å². The maximum atomic E-state index is 12.6. The van der Waals surface area contributed by atoms with Gasteiger partial charge in [-0.2, -0.15) is 25.8 Å². The van der Waals surface area contributed by atoms with Crippen LogP contribution in [0.1, 0.15) is 18.4 Å². The molecular formula is C13H15ClF3N3OS. The van der Waals surface area contributed by atoms with E-state index in [0.717, 1.165) is 18.7 Å². The highest BCUT2D eigenvalue weighted by Gasteiger charge is 2.35. The number of hydrogen-bond acceptors (Lipinski definition) is 4. The van der Waals surface area contributed by atoms with Crippen LogP contribution in [0.5, 0.6) is 0 Å². The molecule has 1 aromatic rings. The van der Waals surface area contributed by atoms with E-state index in [0.29, 0.717) is 25.3 Å². The Morgan fingerprint density at radius 3 is 2.86 bits per heavy atom. The maximum Gasteiger partial charge on any atom is 0.417 e. The van der Waals surface area contributed by atoms with Gasteiger partial charge in [0, 0.05) is 25.0 Å². The number of anilines is 1. The molecule has 122 valence electrons. The lowest BCUT2D eigenvalue weighted by Gasteiger charge is -2.26. The zero-order valence-corrected chi connectivity index (χ0v) is 13.2. The quantitative estimate of drug-likeness (QED) is 0.818. The van der Waals surface area contributed by atoms with Crippen molar-refractivity contribution in [3.8, 4) is 0 Å². The Hall–Kier alpha value is -1.15. The molecule has 0 spiro atoms. The molecule has 4 nitrogen and oxygen atoms in total. The Labute approximate surface area is 136 Å². The van der Waals surface area contributed by atoms with Gasteiger partial charge in [0.05, 0.1) is 10.6 Å². The fourth-order valence-corrected chi connectivity index (χ4v) is 2.77. The van der Waals surface area contributed by atoms with Crippen LogP contribution in [0, 0.1) is 0 Å². The molecule has 1 saturated heterocycles. The zero-order chi connectivity index (χ0) is 16.3. The molecule has 1 atom stereocenters. The molecule has 2 heterocycles. The third kappa shape index (κ3) is 3.78. The number of aromatic nitrogens is 1. The van der Waals surface area contributed by atoms with E-state index in [2.05, 4.69) is 22.9 Å². The third-order valence-corrected chi connectivity index (χ3v) is 3.89. The fourth-order valence-electron chi connectivity index (χ4n) is 2.39. The van der Waals surface area contributed by atoms with Crippen molar-refractivity contribution in [1.82, 2.24) is 10.3 Å². The summed E-state index contributed by atoms with van der Waals surface area (Å²) >= 11 is 9.96. The fraction of sp³-hybridized carbons (Fsp3) is 0.538. The van der Waals surface area contributed by atoms with Crippen LogP contribution >= 0.6 is 24.2 Å². The zero-order valence-electron chi connectivity index (χ0n) is 11.5. The molecule has 1 aromatic heterocycles. The number of halogens is 4. The van der Waals surface area contributed by atoms with Crippen molar-refractivity contribution in [2.24, 2.45) is 0 Å². The van der Waals surface area contributed by atoms with Crippen LogP contribution < -0.4 is 10.2 Å². The van der Waals surface area contributed by atoms with Gasteiger partial charge in [-0.25, -0.2) is 4.98 Å². The number of pyridine rings is 1. The number of nitrogens with zero attached hydrogens (tertiary/aromatic N) is 2. The number of rotatable bonds is 4. The van der Waals surface area contributed by atoms with Gasteiger partial charge in [-0.05, 0) is 18.9 Å². The van der Waals surface area contributed by atoms with Gasteiger partial charge in [0.25, 0.3) is 0 Å². The maximum absolute atomic E-state index is 12.6. The molecule has 1 amide bonds. The molecule has 1 fully saturated rings. The highest BCUT2D eigenvalue weighted by atomic mass is 35.5. The molecule has 1 aliphatic heterocycles. The average molecular weight is 354 g/mol. The molecule has 9 heteroatoms. The Bertz CT molecular complexity index is 556. The van der Waals surface area contributed by atoms with Crippen molar-refractivity contribution < 1.29 is 18.0 Å². The molecule has 0 aliphatic carbocycles. The van der Waals surface area contributed by atoms with Gasteiger partial charge < -0.3 is 10.2 Å². The second kappa shape index (κ2) is 6.95. The van der Waals surface area contributed by atoms with Gasteiger partial charge in [-0.3, -0.25) is 4.79 Å². The summed E-state index contributed by atoms with van der Waals surface area (Å²) < 4.78 is 37.9. The van der Waals surface area contributed by atoms with Gasteiger partial charge in [0.1, 0.15) is 11.9 Å². The minimum atomic E-state index is -4.50. The number of nitrogens with one attached hydrogen (secondary N) is 1. The summed E-state index contributed by atoms with van der Waals surface area (Å²) in [6.45, 7) is 0.956. The first-order chi connectivity index (χ1) is 10.3. The lowest BCUT2D eigenvalue weighted by Crippen LogP contribution is -2.44. The molecule has 1 aliphatic rings. The predicted octanol–water partition coefficient (Wildman–Crippen LogP) is 2.77. The summed E-state index contributed by atoms with van der Waals surface area (Å²) in [7, 11) is 0. The topological polar surface area (TPSA) is 45.2 Å². The van der Waals surface area contributed by atoms with E-state index in [1.165, 1.54) is 0 Å². The Morgan fingerprint density at radius 2 is 2.27 bits per heavy atom. The van der Waals surface area contributed by atoms with Crippen LogP contribution in [-0.4, -0.2) is 35.8 Å². The highest BCUT2D eigenvalue weighted by Crippen LogP contribution is 2.35. The number of alkyl halides is 3. The molecule has 0 radical (unpaired) electrons. The average Bonchev–Trinajstić information content (AvgIpc) is 2.92. The van der Waals surface area contributed by atoms with Gasteiger partial charge in [0.15, 0.2) is 0 Å². The van der Waals surface area contributed by atoms with E-state index >= 15 is 0 Å². The molecule has 0 saturated carbocycles. The first-order valence-corrected chi connectivity index (χ1v) is 7.73. The van der Waals surface area contributed by atoms with Crippen molar-refractivity contribution in [3.63, 3.8) is 0 Å². The number of carbonyl (C=O) groups excluding carboxylic acids is 1. The van der Waals surface area contributed by atoms with E-state index in [9.17, 15) is 18.0 Å². The molecule has 1 N–H and O–H groups in total. The Balaban J connectivity index is 2.21. The van der Waals surface area contributed by atoms with Crippen LogP contribution in [0.3, 0.4) is 0 Å². The van der Waals surface area contributed by atoms with Crippen LogP contribution in [0.25, 0.3) is 0 Å². The molecular weight excluding hydrogens is 339 g/mol. The summed E-state index contributed by atoms with van der Waals surface area (Å²) in [5.41, 5.74) is -0.906. The van der Waals surface area contributed by atoms with Crippen molar-refractivity contribution in [2.45, 2.75) is 25.1 Å². The summed E-state index contributed by atoms with van der Waals surface area (Å²) in [5, 5.41) is 2.61. The summed E-state index contributed by atoms with van der Waals surface area (Å²) in [4.78, 5) is 17.6. The number of thiol groups is 1. The SMILES string of the molecule is O=C(NCCS)C1CCCN1c1ncc(C(F)(F)F)cc1Cl. The molecule has 2 rings (SSSR count). The third-order valence-electron chi connectivity index (χ3n) is 3.39. The molecule has 0 aromatic carbocycles. The number of carbonyl (C=O) groups is 1. The lowest BCUT2D eigenvalue weighted by atomic mass is 10.2. The first-order valence-electron chi connectivity index (χ1n) is 6.72. The minimum absolute atomic E-state index is 0.108. The van der Waals surface area contributed by atoms with E-state index in [1.807, 2.05) is 0 Å². The van der Waals surface area contributed by atoms with Crippen molar-refractivity contribution in [2.75, 3.05) is 23.7 Å². The van der Waals surface area contributed by atoms with E-state index in [4.69, 9.17) is 11.6 Å². The van der Waals surface area contributed by atoms with Gasteiger partial charge in [-0.1, -0.05) is 11.6 Å². The van der Waals surface area contributed by atoms with Crippen LogP contribution in [0.4, 0.5) is 19.0 Å². The number of hydrogen-bond donors (Lipinski definition) is 2. The van der Waals surface area contributed by atoms with Gasteiger partial charge >= 0.3 is 6.18 Å². The highest BCUT2D eigenvalue weighted by molar-refractivity contribution is 7.80. The van der Waals surface area contributed by atoms with Crippen molar-refractivity contribution >= 4 is 36.0 Å². The van der Waals surface area contributed by atoms with Crippen LogP contribution in [0.2, 0.25) is 5.02 Å². The Kier molecular flexibility index (Phi) is 5.44. The summed E-state index contributed by atoms with van der Waals surface area (Å²) in [6, 6.07) is 0.367. The summed E-state index contributed by atoms with van der Waals surface area (Å²) in [5.74, 6) is 0.528. The van der Waals surface area contributed by atoms with Crippen LogP contribution in [0.15, 0.2) is 12.3 Å². The minimum Gasteiger partial charge on any atom is -0.353 e. The molecule has 0 bridgehead atoms.